The molecule has 0 saturated heterocycles. The third-order valence-corrected chi connectivity index (χ3v) is 3.48. The molecule has 4 nitrogen and oxygen atoms in total. The van der Waals surface area contributed by atoms with Crippen molar-refractivity contribution in [2.75, 3.05) is 6.26 Å². The van der Waals surface area contributed by atoms with Crippen molar-refractivity contribution in [3.63, 3.8) is 0 Å². The Morgan fingerprint density at radius 3 is 2.22 bits per heavy atom. The molecule has 1 amide bonds. The fourth-order valence-corrected chi connectivity index (χ4v) is 2.13. The fraction of sp³-hybridized carbons (Fsp3) is 0.462. The molecule has 5 heteroatoms. The Balaban J connectivity index is 3.21. The van der Waals surface area contributed by atoms with Crippen molar-refractivity contribution in [3.8, 4) is 0 Å². The fourth-order valence-electron chi connectivity index (χ4n) is 1.48. The zero-order chi connectivity index (χ0) is 14.1. The van der Waals surface area contributed by atoms with Crippen LogP contribution in [-0.2, 0) is 9.84 Å². The molecule has 0 fully saturated rings. The number of amides is 1. The summed E-state index contributed by atoms with van der Waals surface area (Å²) < 4.78 is 22.9. The van der Waals surface area contributed by atoms with Gasteiger partial charge in [-0.1, -0.05) is 6.07 Å². The quantitative estimate of drug-likeness (QED) is 0.892. The molecule has 0 aromatic heterocycles. The molecule has 0 radical (unpaired) electrons. The summed E-state index contributed by atoms with van der Waals surface area (Å²) in [5.41, 5.74) is 0.793. The van der Waals surface area contributed by atoms with E-state index in [1.165, 1.54) is 12.1 Å². The molecule has 0 aliphatic heterocycles. The first-order chi connectivity index (χ1) is 8.00. The van der Waals surface area contributed by atoms with E-state index in [9.17, 15) is 13.2 Å². The minimum absolute atomic E-state index is 0.159. The van der Waals surface area contributed by atoms with E-state index in [2.05, 4.69) is 5.32 Å². The molecule has 1 aromatic rings. The number of rotatable bonds is 2. The predicted octanol–water partition coefficient (Wildman–Crippen LogP) is 1.93. The van der Waals surface area contributed by atoms with E-state index in [1.54, 1.807) is 13.0 Å². The lowest BCUT2D eigenvalue weighted by Gasteiger charge is -2.21. The van der Waals surface area contributed by atoms with Gasteiger partial charge in [0.2, 0.25) is 0 Å². The van der Waals surface area contributed by atoms with Crippen LogP contribution in [0.25, 0.3) is 0 Å². The normalized spacial score (nSPS) is 12.3. The van der Waals surface area contributed by atoms with Gasteiger partial charge in [-0.25, -0.2) is 8.42 Å². The van der Waals surface area contributed by atoms with E-state index in [0.717, 1.165) is 11.8 Å². The van der Waals surface area contributed by atoms with Gasteiger partial charge in [0.1, 0.15) is 0 Å². The lowest BCUT2D eigenvalue weighted by atomic mass is 10.0. The zero-order valence-electron chi connectivity index (χ0n) is 11.4. The first kappa shape index (κ1) is 14.7. The smallest absolute Gasteiger partial charge is 0.251 e. The Morgan fingerprint density at radius 2 is 1.78 bits per heavy atom. The summed E-state index contributed by atoms with van der Waals surface area (Å²) in [5.74, 6) is -0.259. The van der Waals surface area contributed by atoms with Crippen LogP contribution in [0.3, 0.4) is 0 Å². The van der Waals surface area contributed by atoms with Crippen LogP contribution < -0.4 is 5.32 Å². The summed E-state index contributed by atoms with van der Waals surface area (Å²) in [5, 5.41) is 2.82. The maximum Gasteiger partial charge on any atom is 0.251 e. The Bertz CT molecular complexity index is 568. The lowest BCUT2D eigenvalue weighted by molar-refractivity contribution is 0.0918. The third kappa shape index (κ3) is 3.84. The Kier molecular flexibility index (Phi) is 3.86. The van der Waals surface area contributed by atoms with Gasteiger partial charge in [-0.15, -0.1) is 0 Å². The Morgan fingerprint density at radius 1 is 1.22 bits per heavy atom. The van der Waals surface area contributed by atoms with Crippen LogP contribution in [0.5, 0.6) is 0 Å². The molecular weight excluding hydrogens is 250 g/mol. The van der Waals surface area contributed by atoms with Gasteiger partial charge in [0, 0.05) is 17.4 Å². The predicted molar refractivity (Wildman–Crippen MR) is 71.5 cm³/mol. The maximum absolute atomic E-state index is 12.1. The summed E-state index contributed by atoms with van der Waals surface area (Å²) in [6.45, 7) is 7.41. The minimum Gasteiger partial charge on any atom is -0.347 e. The molecular formula is C13H19NO3S. The van der Waals surface area contributed by atoms with Crippen LogP contribution in [0.1, 0.15) is 36.7 Å². The number of benzene rings is 1. The molecule has 1 aromatic carbocycles. The molecule has 0 aliphatic carbocycles. The average molecular weight is 269 g/mol. The van der Waals surface area contributed by atoms with Crippen molar-refractivity contribution in [1.82, 2.24) is 5.32 Å². The first-order valence-electron chi connectivity index (χ1n) is 5.64. The van der Waals surface area contributed by atoms with Crippen LogP contribution in [0.2, 0.25) is 0 Å². The van der Waals surface area contributed by atoms with Crippen LogP contribution in [-0.4, -0.2) is 26.1 Å². The van der Waals surface area contributed by atoms with E-state index < -0.39 is 9.84 Å². The molecule has 1 rings (SSSR count). The van der Waals surface area contributed by atoms with E-state index in [1.807, 2.05) is 20.8 Å². The number of carbonyl (C=O) groups is 1. The summed E-state index contributed by atoms with van der Waals surface area (Å²) in [6.07, 6.45) is 1.13. The molecule has 0 bridgehead atoms. The minimum atomic E-state index is -3.30. The van der Waals surface area contributed by atoms with Crippen molar-refractivity contribution >= 4 is 15.7 Å². The standard InChI is InChI=1S/C13H19NO3S/c1-9-6-7-10(18(5,16)17)8-11(9)12(15)14-13(2,3)4/h6-8H,1-5H3,(H,14,15). The largest absolute Gasteiger partial charge is 0.347 e. The molecule has 1 N–H and O–H groups in total. The second kappa shape index (κ2) is 4.72. The highest BCUT2D eigenvalue weighted by atomic mass is 32.2. The van der Waals surface area contributed by atoms with E-state index in [4.69, 9.17) is 0 Å². The number of sulfone groups is 1. The summed E-state index contributed by atoms with van der Waals surface area (Å²) in [6, 6.07) is 4.58. The number of aryl methyl sites for hydroxylation is 1. The summed E-state index contributed by atoms with van der Waals surface area (Å²) in [7, 11) is -3.30. The summed E-state index contributed by atoms with van der Waals surface area (Å²) >= 11 is 0. The van der Waals surface area contributed by atoms with Crippen LogP contribution in [0.15, 0.2) is 23.1 Å². The Hall–Kier alpha value is -1.36. The van der Waals surface area contributed by atoms with Gasteiger partial charge >= 0.3 is 0 Å². The highest BCUT2D eigenvalue weighted by Crippen LogP contribution is 2.16. The maximum atomic E-state index is 12.1. The molecule has 18 heavy (non-hydrogen) atoms. The SMILES string of the molecule is Cc1ccc(S(C)(=O)=O)cc1C(=O)NC(C)(C)C. The lowest BCUT2D eigenvalue weighted by Crippen LogP contribution is -2.40. The first-order valence-corrected chi connectivity index (χ1v) is 7.53. The van der Waals surface area contributed by atoms with Gasteiger partial charge in [-0.2, -0.15) is 0 Å². The van der Waals surface area contributed by atoms with Gasteiger partial charge < -0.3 is 5.32 Å². The molecule has 0 spiro atoms. The monoisotopic (exact) mass is 269 g/mol. The van der Waals surface area contributed by atoms with E-state index in [-0.39, 0.29) is 16.3 Å². The Labute approximate surface area is 108 Å². The van der Waals surface area contributed by atoms with Crippen molar-refractivity contribution in [1.29, 1.82) is 0 Å². The van der Waals surface area contributed by atoms with Gasteiger partial charge in [0.25, 0.3) is 5.91 Å². The van der Waals surface area contributed by atoms with Crippen LogP contribution in [0.4, 0.5) is 0 Å². The number of hydrogen-bond donors (Lipinski definition) is 1. The molecule has 0 heterocycles. The molecule has 0 unspecified atom stereocenters. The highest BCUT2D eigenvalue weighted by molar-refractivity contribution is 7.90. The highest BCUT2D eigenvalue weighted by Gasteiger charge is 2.18. The average Bonchev–Trinajstić information content (AvgIpc) is 2.13. The number of carbonyl (C=O) groups excluding carboxylic acids is 1. The van der Waals surface area contributed by atoms with Crippen molar-refractivity contribution in [2.45, 2.75) is 38.1 Å². The molecule has 0 aliphatic rings. The van der Waals surface area contributed by atoms with Gasteiger partial charge in [0.15, 0.2) is 9.84 Å². The van der Waals surface area contributed by atoms with Gasteiger partial charge in [0.05, 0.1) is 4.90 Å². The third-order valence-electron chi connectivity index (χ3n) is 2.37. The zero-order valence-corrected chi connectivity index (χ0v) is 12.2. The van der Waals surface area contributed by atoms with E-state index >= 15 is 0 Å². The van der Waals surface area contributed by atoms with Gasteiger partial charge in [-0.05, 0) is 45.4 Å². The van der Waals surface area contributed by atoms with Gasteiger partial charge in [-0.3, -0.25) is 4.79 Å². The van der Waals surface area contributed by atoms with E-state index in [0.29, 0.717) is 5.56 Å². The number of hydrogen-bond acceptors (Lipinski definition) is 3. The van der Waals surface area contributed by atoms with Crippen LogP contribution in [0, 0.1) is 6.92 Å². The topological polar surface area (TPSA) is 63.2 Å². The van der Waals surface area contributed by atoms with Crippen molar-refractivity contribution < 1.29 is 13.2 Å². The van der Waals surface area contributed by atoms with Crippen molar-refractivity contribution in [2.24, 2.45) is 0 Å². The molecule has 0 atom stereocenters. The number of nitrogens with one attached hydrogen (secondary N) is 1. The molecule has 0 saturated carbocycles. The second-order valence-corrected chi connectivity index (χ2v) is 7.47. The molecule has 100 valence electrons. The van der Waals surface area contributed by atoms with Crippen LogP contribution >= 0.6 is 0 Å². The van der Waals surface area contributed by atoms with Crippen molar-refractivity contribution in [3.05, 3.63) is 29.3 Å². The second-order valence-electron chi connectivity index (χ2n) is 5.45. The summed E-state index contributed by atoms with van der Waals surface area (Å²) in [4.78, 5) is 12.2.